The van der Waals surface area contributed by atoms with Gasteiger partial charge in [0.1, 0.15) is 44.9 Å². The van der Waals surface area contributed by atoms with Crippen LogP contribution in [0.5, 0.6) is 11.5 Å². The number of sulfone groups is 1. The number of anilines is 1. The first kappa shape index (κ1) is 49.1. The Morgan fingerprint density at radius 3 is 2.27 bits per heavy atom. The molecule has 0 bridgehead atoms. The average molecular weight is 959 g/mol. The number of hydrogen-bond acceptors (Lipinski definition) is 24. The van der Waals surface area contributed by atoms with E-state index in [1.807, 2.05) is 0 Å². The highest BCUT2D eigenvalue weighted by Crippen LogP contribution is 2.48. The van der Waals surface area contributed by atoms with E-state index in [4.69, 9.17) is 25.2 Å². The molecule has 62 heavy (non-hydrogen) atoms. The van der Waals surface area contributed by atoms with E-state index in [1.54, 1.807) is 0 Å². The molecular formula is C33H30N6O18S5. The number of aromatic nitrogens is 1. The monoisotopic (exact) mass is 958 g/mol. The molecule has 4 aromatic carbocycles. The lowest BCUT2D eigenvalue weighted by atomic mass is 10.1. The molecule has 24 nitrogen and oxygen atoms in total. The van der Waals surface area contributed by atoms with Crippen LogP contribution in [-0.4, -0.2) is 73.0 Å². The number of aromatic hydroxyl groups is 1. The van der Waals surface area contributed by atoms with Gasteiger partial charge in [-0.25, -0.2) is 23.5 Å². The molecule has 0 atom stereocenters. The summed E-state index contributed by atoms with van der Waals surface area (Å²) in [5.74, 6) is -3.67. The Morgan fingerprint density at radius 2 is 1.58 bits per heavy atom. The van der Waals surface area contributed by atoms with Crippen LogP contribution >= 0.6 is 36.1 Å². The van der Waals surface area contributed by atoms with E-state index >= 15 is 0 Å². The lowest BCUT2D eigenvalue weighted by Crippen LogP contribution is -2.38. The molecule has 8 N–H and O–H groups in total. The molecule has 0 radical (unpaired) electrons. The fourth-order valence-electron chi connectivity index (χ4n) is 5.06. The summed E-state index contributed by atoms with van der Waals surface area (Å²) in [5.41, 5.74) is 5.44. The van der Waals surface area contributed by atoms with Gasteiger partial charge < -0.3 is 35.1 Å². The van der Waals surface area contributed by atoms with Crippen LogP contribution in [0.3, 0.4) is 0 Å². The van der Waals surface area contributed by atoms with Crippen molar-refractivity contribution in [2.75, 3.05) is 24.3 Å². The van der Waals surface area contributed by atoms with E-state index in [0.717, 1.165) is 12.1 Å². The number of ether oxygens (including phenoxy) is 1. The van der Waals surface area contributed by atoms with Crippen molar-refractivity contribution in [1.29, 1.82) is 0 Å². The summed E-state index contributed by atoms with van der Waals surface area (Å²) < 4.78 is 81.3. The Balaban J connectivity index is 0.00000845. The topological polar surface area (TPSA) is 373 Å². The first-order chi connectivity index (χ1) is 29.1. The SMILES string of the molecule is COc1cc(S(=O)(=O)CC[n+]2cccc(C(=O)[O-])c2)ccc1N=Nc1c(N)ccc2c(O)c(N=Nc3ccc(SOC(=O)CSOOO)cc3S(=O)(=O)O)c(SOOO)cc12.O. The molecule has 0 aliphatic carbocycles. The van der Waals surface area contributed by atoms with Crippen LogP contribution in [0.1, 0.15) is 10.4 Å². The number of carbonyl (C=O) groups excluding carboxylic acids is 2. The third-order valence-electron chi connectivity index (χ3n) is 7.82. The summed E-state index contributed by atoms with van der Waals surface area (Å²) in [4.78, 5) is 22.0. The Hall–Kier alpha value is -5.54. The second kappa shape index (κ2) is 22.0. The minimum absolute atomic E-state index is 0. The summed E-state index contributed by atoms with van der Waals surface area (Å²) in [7, 11) is -7.62. The number of carboxylic acids is 1. The van der Waals surface area contributed by atoms with Crippen LogP contribution in [0.15, 0.2) is 119 Å². The Morgan fingerprint density at radius 1 is 0.871 bits per heavy atom. The van der Waals surface area contributed by atoms with Crippen molar-refractivity contribution >= 4 is 107 Å². The van der Waals surface area contributed by atoms with Crippen molar-refractivity contribution in [3.63, 3.8) is 0 Å². The van der Waals surface area contributed by atoms with Crippen molar-refractivity contribution in [2.24, 2.45) is 20.5 Å². The summed E-state index contributed by atoms with van der Waals surface area (Å²) in [6.07, 6.45) is 2.76. The number of nitrogen functional groups attached to an aromatic ring is 1. The molecule has 5 rings (SSSR count). The van der Waals surface area contributed by atoms with Crippen LogP contribution in [0.4, 0.5) is 28.4 Å². The van der Waals surface area contributed by atoms with E-state index < -0.39 is 59.7 Å². The minimum atomic E-state index is -4.97. The molecule has 0 amide bonds. The minimum Gasteiger partial charge on any atom is -0.545 e. The molecule has 0 unspecified atom stereocenters. The number of azo groups is 2. The maximum absolute atomic E-state index is 13.2. The molecule has 29 heteroatoms. The number of nitrogens with zero attached hydrogens (tertiary/aromatic N) is 5. The lowest BCUT2D eigenvalue weighted by molar-refractivity contribution is -0.692. The third kappa shape index (κ3) is 12.5. The van der Waals surface area contributed by atoms with Crippen molar-refractivity contribution < 1.29 is 89.4 Å². The Labute approximate surface area is 362 Å². The second-order valence-corrected chi connectivity index (χ2v) is 17.3. The van der Waals surface area contributed by atoms with Crippen LogP contribution in [0, 0.1) is 0 Å². The number of benzene rings is 4. The predicted molar refractivity (Wildman–Crippen MR) is 214 cm³/mol. The van der Waals surface area contributed by atoms with E-state index in [-0.39, 0.29) is 71.5 Å². The van der Waals surface area contributed by atoms with Crippen LogP contribution in [0.25, 0.3) is 10.8 Å². The van der Waals surface area contributed by atoms with Gasteiger partial charge in [-0.1, -0.05) is 10.1 Å². The number of nitrogens with two attached hydrogens (primary N) is 1. The second-order valence-electron chi connectivity index (χ2n) is 11.6. The van der Waals surface area contributed by atoms with Gasteiger partial charge in [-0.2, -0.15) is 8.42 Å². The van der Waals surface area contributed by atoms with Crippen molar-refractivity contribution in [2.45, 2.75) is 26.1 Å². The summed E-state index contributed by atoms with van der Waals surface area (Å²) in [5, 5.41) is 63.2. The molecule has 330 valence electrons. The number of methoxy groups -OCH3 is 1. The van der Waals surface area contributed by atoms with Gasteiger partial charge in [-0.3, -0.25) is 9.35 Å². The van der Waals surface area contributed by atoms with E-state index in [9.17, 15) is 41.2 Å². The molecule has 0 spiro atoms. The fraction of sp³-hybridized carbons (Fsp3) is 0.121. The fourth-order valence-corrected chi connectivity index (χ4v) is 8.38. The summed E-state index contributed by atoms with van der Waals surface area (Å²) in [6.45, 7) is -0.0704. The van der Waals surface area contributed by atoms with Crippen LogP contribution < -0.4 is 20.1 Å². The van der Waals surface area contributed by atoms with Crippen LogP contribution in [0.2, 0.25) is 0 Å². The molecule has 0 aliphatic rings. The number of aromatic carboxylic acids is 1. The molecule has 0 fully saturated rings. The molecule has 5 aromatic rings. The zero-order valence-corrected chi connectivity index (χ0v) is 35.2. The third-order valence-corrected chi connectivity index (χ3v) is 12.2. The Kier molecular flexibility index (Phi) is 17.4. The van der Waals surface area contributed by atoms with E-state index in [0.29, 0.717) is 36.1 Å². The van der Waals surface area contributed by atoms with Gasteiger partial charge in [-0.05, 0) is 54.6 Å². The number of hydrogen-bond donors (Lipinski definition) is 5. The maximum Gasteiger partial charge on any atom is 0.330 e. The number of pyridine rings is 1. The quantitative estimate of drug-likeness (QED) is 0.0104. The first-order valence-electron chi connectivity index (χ1n) is 16.3. The number of phenols is 1. The molecular weight excluding hydrogens is 929 g/mol. The molecule has 0 saturated carbocycles. The highest BCUT2D eigenvalue weighted by atomic mass is 32.2. The predicted octanol–water partition coefficient (Wildman–Crippen LogP) is 4.56. The highest BCUT2D eigenvalue weighted by molar-refractivity contribution is 7.96. The van der Waals surface area contributed by atoms with Crippen LogP contribution in [-0.2, 0) is 54.2 Å². The summed E-state index contributed by atoms with van der Waals surface area (Å²) >= 11 is 1.15. The maximum atomic E-state index is 13.2. The highest BCUT2D eigenvalue weighted by Gasteiger charge is 2.23. The standard InChI is InChI=1S/C33H28N6O17S5.H2O/c1-51-26-14-20(60(46,47)12-11-39-10-2-3-18(16-39)33(42)43)5-9-24(26)35-37-30-22-15-27(59-56-54-45)31(32(41)21(22)6-7-23(30)34)38-36-25-8-4-19(13-28(25)61(48,49)50)58-52-29(40)17-57-55-53-44;/h2-10,13-16H,11-12,17H2,1H3,(H6-,34,35,36,41,42,43,44,45,48,49,50);1H2. The number of carbonyl (C=O) groups is 2. The van der Waals surface area contributed by atoms with Gasteiger partial charge >= 0.3 is 5.97 Å². The van der Waals surface area contributed by atoms with Crippen molar-refractivity contribution in [1.82, 2.24) is 0 Å². The molecule has 0 aliphatic heterocycles. The number of rotatable bonds is 20. The lowest BCUT2D eigenvalue weighted by Gasteiger charge is -2.12. The molecule has 1 aromatic heterocycles. The van der Waals surface area contributed by atoms with E-state index in [2.05, 4.69) is 39.2 Å². The number of phenolic OH excluding ortho intramolecular Hbond substituents is 1. The van der Waals surface area contributed by atoms with E-state index in [1.165, 1.54) is 78.7 Å². The average Bonchev–Trinajstić information content (AvgIpc) is 3.23. The van der Waals surface area contributed by atoms with Gasteiger partial charge in [0.15, 0.2) is 34.5 Å². The van der Waals surface area contributed by atoms with Gasteiger partial charge in [0.25, 0.3) is 10.1 Å². The zero-order chi connectivity index (χ0) is 44.3. The zero-order valence-electron chi connectivity index (χ0n) is 31.1. The van der Waals surface area contributed by atoms with Crippen molar-refractivity contribution in [3.05, 3.63) is 84.7 Å². The normalized spacial score (nSPS) is 11.9. The first-order valence-corrected chi connectivity index (χ1v) is 21.8. The Bertz CT molecular complexity index is 2740. The number of carboxylic acid groups (broad SMARTS) is 1. The van der Waals surface area contributed by atoms with Gasteiger partial charge in [0, 0.05) is 39.8 Å². The number of fused-ring (bicyclic) bond motifs is 1. The number of aryl methyl sites for hydroxylation is 1. The van der Waals surface area contributed by atoms with Gasteiger partial charge in [0.05, 0.1) is 58.2 Å². The summed E-state index contributed by atoms with van der Waals surface area (Å²) in [6, 6.07) is 14.0. The van der Waals surface area contributed by atoms with Gasteiger partial charge in [0.2, 0.25) is 0 Å². The van der Waals surface area contributed by atoms with Crippen molar-refractivity contribution in [3.8, 4) is 11.5 Å². The molecule has 0 saturated heterocycles. The molecule has 1 heterocycles. The largest absolute Gasteiger partial charge is 0.545 e. The smallest absolute Gasteiger partial charge is 0.330 e. The van der Waals surface area contributed by atoms with Gasteiger partial charge in [-0.15, -0.1) is 29.1 Å².